The molecule has 0 radical (unpaired) electrons. The summed E-state index contributed by atoms with van der Waals surface area (Å²) in [6, 6.07) is 1.69. The number of hydrogen-bond donors (Lipinski definition) is 0. The molecular weight excluding hydrogens is 146 g/mol. The Morgan fingerprint density at radius 3 is 2.20 bits per heavy atom. The van der Waals surface area contributed by atoms with Crippen molar-refractivity contribution >= 4 is 17.0 Å². The predicted octanol–water partition coefficient (Wildman–Crippen LogP) is 1.02. The summed E-state index contributed by atoms with van der Waals surface area (Å²) < 4.78 is 0.721. The highest BCUT2D eigenvalue weighted by Crippen LogP contribution is 2.27. The van der Waals surface area contributed by atoms with Gasteiger partial charge in [0.1, 0.15) is 5.69 Å². The molecule has 0 spiro atoms. The molecule has 1 rings (SSSR count). The molecule has 10 heavy (non-hydrogen) atoms. The molecular formula is C7H11NOS. The van der Waals surface area contributed by atoms with Gasteiger partial charge in [-0.1, -0.05) is 0 Å². The lowest BCUT2D eigenvalue weighted by atomic mass is 10.4. The maximum absolute atomic E-state index is 10.7. The van der Waals surface area contributed by atoms with E-state index in [1.165, 1.54) is 11.3 Å². The van der Waals surface area contributed by atoms with Gasteiger partial charge >= 0.3 is 0 Å². The Labute approximate surface area is 64.9 Å². The molecule has 0 fully saturated rings. The van der Waals surface area contributed by atoms with Crippen molar-refractivity contribution in [3.8, 4) is 5.06 Å². The van der Waals surface area contributed by atoms with Crippen LogP contribution in [0.1, 0.15) is 0 Å². The van der Waals surface area contributed by atoms with Crippen LogP contribution in [-0.4, -0.2) is 21.1 Å². The topological polar surface area (TPSA) is 23.1 Å². The number of hydrogen-bond acceptors (Lipinski definition) is 2. The predicted molar refractivity (Wildman–Crippen MR) is 43.3 cm³/mol. The molecule has 0 aliphatic heterocycles. The van der Waals surface area contributed by atoms with Crippen LogP contribution in [0.3, 0.4) is 0 Å². The van der Waals surface area contributed by atoms with Crippen LogP contribution < -0.4 is 9.59 Å². The lowest BCUT2D eigenvalue weighted by Gasteiger charge is -2.21. The van der Waals surface area contributed by atoms with Crippen molar-refractivity contribution in [2.24, 2.45) is 0 Å². The Kier molecular flexibility index (Phi) is 1.70. The standard InChI is InChI=1S/C7H11NOS/c1-8(2,3)6-4-7(9)10-5-6/h4-5H,1-3H3. The highest BCUT2D eigenvalue weighted by molar-refractivity contribution is 7.12. The molecule has 0 aliphatic carbocycles. The van der Waals surface area contributed by atoms with Crippen molar-refractivity contribution in [3.05, 3.63) is 11.4 Å². The van der Waals surface area contributed by atoms with Crippen LogP contribution >= 0.6 is 11.3 Å². The van der Waals surface area contributed by atoms with Crippen molar-refractivity contribution in [1.82, 2.24) is 4.48 Å². The molecule has 0 unspecified atom stereocenters. The molecule has 0 saturated heterocycles. The fraction of sp³-hybridized carbons (Fsp3) is 0.429. The largest absolute Gasteiger partial charge is 0.865 e. The second kappa shape index (κ2) is 2.25. The minimum atomic E-state index is 0.142. The van der Waals surface area contributed by atoms with Crippen LogP contribution in [0.4, 0.5) is 5.69 Å². The molecule has 0 atom stereocenters. The Morgan fingerprint density at radius 1 is 1.40 bits per heavy atom. The van der Waals surface area contributed by atoms with E-state index < -0.39 is 0 Å². The van der Waals surface area contributed by atoms with E-state index in [9.17, 15) is 5.11 Å². The summed E-state index contributed by atoms with van der Waals surface area (Å²) >= 11 is 1.26. The summed E-state index contributed by atoms with van der Waals surface area (Å²) in [5.41, 5.74) is 1.08. The van der Waals surface area contributed by atoms with Crippen LogP contribution in [-0.2, 0) is 0 Å². The van der Waals surface area contributed by atoms with Gasteiger partial charge in [-0.2, -0.15) is 11.3 Å². The lowest BCUT2D eigenvalue weighted by molar-refractivity contribution is -0.261. The summed E-state index contributed by atoms with van der Waals surface area (Å²) in [6.45, 7) is 0. The first-order valence-electron chi connectivity index (χ1n) is 3.08. The quantitative estimate of drug-likeness (QED) is 0.558. The van der Waals surface area contributed by atoms with Gasteiger partial charge in [-0.15, -0.1) is 0 Å². The van der Waals surface area contributed by atoms with Crippen molar-refractivity contribution in [3.63, 3.8) is 0 Å². The molecule has 1 heterocycles. The van der Waals surface area contributed by atoms with Gasteiger partial charge in [-0.05, 0) is 5.06 Å². The van der Waals surface area contributed by atoms with Gasteiger partial charge < -0.3 is 5.11 Å². The van der Waals surface area contributed by atoms with E-state index in [0.717, 1.165) is 10.2 Å². The number of nitrogens with zero attached hydrogens (tertiary/aromatic N) is 1. The third-order valence-electron chi connectivity index (χ3n) is 1.34. The van der Waals surface area contributed by atoms with E-state index in [2.05, 4.69) is 0 Å². The van der Waals surface area contributed by atoms with Crippen molar-refractivity contribution in [2.75, 3.05) is 21.1 Å². The molecule has 0 N–H and O–H groups in total. The van der Waals surface area contributed by atoms with Crippen LogP contribution in [0.5, 0.6) is 5.06 Å². The second-order valence-corrected chi connectivity index (χ2v) is 4.01. The van der Waals surface area contributed by atoms with Gasteiger partial charge in [0.2, 0.25) is 0 Å². The highest BCUT2D eigenvalue weighted by Gasteiger charge is 2.11. The van der Waals surface area contributed by atoms with Gasteiger partial charge in [0.15, 0.2) is 0 Å². The summed E-state index contributed by atoms with van der Waals surface area (Å²) in [7, 11) is 6.13. The Bertz CT molecular complexity index is 224. The molecule has 0 bridgehead atoms. The van der Waals surface area contributed by atoms with Gasteiger partial charge in [-0.25, -0.2) is 0 Å². The van der Waals surface area contributed by atoms with Crippen LogP contribution in [0.2, 0.25) is 0 Å². The maximum atomic E-state index is 10.7. The summed E-state index contributed by atoms with van der Waals surface area (Å²) in [5, 5.41) is 12.8. The minimum absolute atomic E-state index is 0.142. The minimum Gasteiger partial charge on any atom is -0.865 e. The molecule has 3 heteroatoms. The second-order valence-electron chi connectivity index (χ2n) is 3.14. The van der Waals surface area contributed by atoms with Gasteiger partial charge in [0.05, 0.1) is 26.5 Å². The maximum Gasteiger partial charge on any atom is 0.142 e. The molecule has 56 valence electrons. The van der Waals surface area contributed by atoms with E-state index in [4.69, 9.17) is 0 Å². The highest BCUT2D eigenvalue weighted by atomic mass is 32.1. The SMILES string of the molecule is C[N+](C)(C)c1csc([O-])c1. The van der Waals surface area contributed by atoms with Crippen molar-refractivity contribution in [1.29, 1.82) is 0 Å². The lowest BCUT2D eigenvalue weighted by Crippen LogP contribution is -2.34. The van der Waals surface area contributed by atoms with Crippen molar-refractivity contribution < 1.29 is 5.11 Å². The fourth-order valence-electron chi connectivity index (χ4n) is 0.659. The first-order valence-corrected chi connectivity index (χ1v) is 3.95. The van der Waals surface area contributed by atoms with E-state index in [0.29, 0.717) is 0 Å². The van der Waals surface area contributed by atoms with Crippen LogP contribution in [0.25, 0.3) is 0 Å². The Balaban J connectivity index is 2.96. The van der Waals surface area contributed by atoms with Crippen LogP contribution in [0, 0.1) is 0 Å². The summed E-state index contributed by atoms with van der Waals surface area (Å²) in [6.07, 6.45) is 0. The van der Waals surface area contributed by atoms with Crippen LogP contribution in [0.15, 0.2) is 11.4 Å². The van der Waals surface area contributed by atoms with Gasteiger partial charge in [0, 0.05) is 6.07 Å². The molecule has 0 saturated carbocycles. The zero-order chi connectivity index (χ0) is 7.78. The zero-order valence-corrected chi connectivity index (χ0v) is 7.23. The molecule has 0 aromatic carbocycles. The average Bonchev–Trinajstić information content (AvgIpc) is 2.11. The molecule has 1 aromatic rings. The summed E-state index contributed by atoms with van der Waals surface area (Å²) in [5.74, 6) is 0. The normalized spacial score (nSPS) is 11.9. The number of rotatable bonds is 1. The van der Waals surface area contributed by atoms with Gasteiger partial charge in [0.25, 0.3) is 0 Å². The fourth-order valence-corrected chi connectivity index (χ4v) is 1.47. The number of thiophene rings is 1. The molecule has 0 aliphatic rings. The van der Waals surface area contributed by atoms with E-state index in [1.54, 1.807) is 6.07 Å². The summed E-state index contributed by atoms with van der Waals surface area (Å²) in [4.78, 5) is 0. The smallest absolute Gasteiger partial charge is 0.142 e. The van der Waals surface area contributed by atoms with Gasteiger partial charge in [-0.3, -0.25) is 4.48 Å². The average molecular weight is 157 g/mol. The Morgan fingerprint density at radius 2 is 2.00 bits per heavy atom. The first kappa shape index (κ1) is 7.57. The molecule has 1 aromatic heterocycles. The third-order valence-corrected chi connectivity index (χ3v) is 2.05. The number of quaternary nitrogens is 1. The van der Waals surface area contributed by atoms with E-state index in [-0.39, 0.29) is 5.06 Å². The molecule has 2 nitrogen and oxygen atoms in total. The van der Waals surface area contributed by atoms with E-state index >= 15 is 0 Å². The molecule has 0 amide bonds. The Hall–Kier alpha value is -0.540. The van der Waals surface area contributed by atoms with E-state index in [1.807, 2.05) is 26.5 Å². The first-order chi connectivity index (χ1) is 4.50. The van der Waals surface area contributed by atoms with Crippen molar-refractivity contribution in [2.45, 2.75) is 0 Å². The zero-order valence-electron chi connectivity index (χ0n) is 6.42. The third kappa shape index (κ3) is 1.49. The monoisotopic (exact) mass is 157 g/mol.